The molecule has 0 saturated carbocycles. The summed E-state index contributed by atoms with van der Waals surface area (Å²) in [5.74, 6) is 0.225. The summed E-state index contributed by atoms with van der Waals surface area (Å²) >= 11 is 3.11. The van der Waals surface area contributed by atoms with Gasteiger partial charge < -0.3 is 9.67 Å². The molecule has 6 heteroatoms. The maximum Gasteiger partial charge on any atom is 0.313 e. The second-order valence-electron chi connectivity index (χ2n) is 4.91. The quantitative estimate of drug-likeness (QED) is 0.784. The molecule has 1 aromatic heterocycles. The van der Waals surface area contributed by atoms with Gasteiger partial charge in [0.05, 0.1) is 16.8 Å². The molecule has 0 saturated heterocycles. The average molecular weight is 324 g/mol. The summed E-state index contributed by atoms with van der Waals surface area (Å²) in [6.07, 6.45) is 3.10. The number of benzene rings is 1. The normalized spacial score (nSPS) is 12.7. The summed E-state index contributed by atoms with van der Waals surface area (Å²) in [6.45, 7) is 4.24. The molecule has 1 aromatic carbocycles. The Labute approximate surface area is 133 Å². The molecule has 1 atom stereocenters. The second-order valence-corrected chi connectivity index (χ2v) is 6.76. The minimum atomic E-state index is -0.812. The minimum Gasteiger partial charge on any atom is -0.481 e. The lowest BCUT2D eigenvalue weighted by atomic mass is 10.2. The Balaban J connectivity index is 2.55. The maximum absolute atomic E-state index is 10.9. The zero-order valence-electron chi connectivity index (χ0n) is 12.5. The Morgan fingerprint density at radius 3 is 2.86 bits per heavy atom. The van der Waals surface area contributed by atoms with E-state index >= 15 is 0 Å². The molecule has 4 nitrogen and oxygen atoms in total. The number of hydrogen-bond donors (Lipinski definition) is 1. The number of imidazole rings is 1. The fraction of sp³-hybridized carbons (Fsp3) is 0.467. The molecule has 21 heavy (non-hydrogen) atoms. The van der Waals surface area contributed by atoms with Crippen molar-refractivity contribution in [1.82, 2.24) is 9.55 Å². The van der Waals surface area contributed by atoms with Crippen molar-refractivity contribution in [2.45, 2.75) is 31.5 Å². The topological polar surface area (TPSA) is 55.1 Å². The summed E-state index contributed by atoms with van der Waals surface area (Å²) in [5, 5.41) is 9.74. The molecule has 0 aliphatic heterocycles. The van der Waals surface area contributed by atoms with Crippen molar-refractivity contribution in [2.75, 3.05) is 17.8 Å². The van der Waals surface area contributed by atoms with Gasteiger partial charge >= 0.3 is 5.97 Å². The van der Waals surface area contributed by atoms with Crippen LogP contribution in [0.5, 0.6) is 0 Å². The molecule has 2 aromatic rings. The molecule has 1 heterocycles. The van der Waals surface area contributed by atoms with Gasteiger partial charge in [-0.2, -0.15) is 11.8 Å². The monoisotopic (exact) mass is 324 g/mol. The van der Waals surface area contributed by atoms with Crippen molar-refractivity contribution < 1.29 is 9.90 Å². The lowest BCUT2D eigenvalue weighted by Crippen LogP contribution is -2.13. The van der Waals surface area contributed by atoms with Gasteiger partial charge in [0.2, 0.25) is 0 Å². The van der Waals surface area contributed by atoms with Crippen molar-refractivity contribution in [3.63, 3.8) is 0 Å². The van der Waals surface area contributed by atoms with E-state index in [1.807, 2.05) is 12.1 Å². The van der Waals surface area contributed by atoms with Crippen LogP contribution in [0, 0.1) is 6.92 Å². The summed E-state index contributed by atoms with van der Waals surface area (Å²) in [4.78, 5) is 15.5. The first-order valence-corrected chi connectivity index (χ1v) is 9.27. The van der Waals surface area contributed by atoms with Gasteiger partial charge in [0.1, 0.15) is 0 Å². The van der Waals surface area contributed by atoms with Crippen molar-refractivity contribution in [2.24, 2.45) is 0 Å². The Kier molecular flexibility index (Phi) is 5.58. The number of carbonyl (C=O) groups is 1. The average Bonchev–Trinajstić information content (AvgIpc) is 2.82. The molecule has 0 spiro atoms. The van der Waals surface area contributed by atoms with Crippen molar-refractivity contribution >= 4 is 40.5 Å². The summed E-state index contributed by atoms with van der Waals surface area (Å²) < 4.78 is 2.23. The van der Waals surface area contributed by atoms with Gasteiger partial charge in [-0.05, 0) is 31.2 Å². The summed E-state index contributed by atoms with van der Waals surface area (Å²) in [7, 11) is 0. The van der Waals surface area contributed by atoms with Crippen LogP contribution in [0.4, 0.5) is 0 Å². The third-order valence-corrected chi connectivity index (χ3v) is 5.06. The van der Waals surface area contributed by atoms with Crippen LogP contribution in [0.2, 0.25) is 0 Å². The zero-order chi connectivity index (χ0) is 15.4. The van der Waals surface area contributed by atoms with Gasteiger partial charge in [0.25, 0.3) is 0 Å². The lowest BCUT2D eigenvalue weighted by Gasteiger charge is -2.20. The molecule has 1 N–H and O–H groups in total. The predicted octanol–water partition coefficient (Wildman–Crippen LogP) is 3.84. The molecule has 114 valence electrons. The summed E-state index contributed by atoms with van der Waals surface area (Å²) in [5.41, 5.74) is 3.26. The number of rotatable bonds is 7. The number of nitrogens with zero attached hydrogens (tertiary/aromatic N) is 2. The molecule has 0 aliphatic carbocycles. The van der Waals surface area contributed by atoms with Gasteiger partial charge in [-0.1, -0.05) is 30.8 Å². The molecule has 0 radical (unpaired) electrons. The first-order valence-electron chi connectivity index (χ1n) is 6.89. The minimum absolute atomic E-state index is 0.0398. The number of carboxylic acid groups (broad SMARTS) is 1. The molecule has 2 rings (SSSR count). The van der Waals surface area contributed by atoms with E-state index < -0.39 is 5.97 Å². The largest absolute Gasteiger partial charge is 0.481 e. The Morgan fingerprint density at radius 2 is 2.24 bits per heavy atom. The highest BCUT2D eigenvalue weighted by Gasteiger charge is 2.20. The fourth-order valence-electron chi connectivity index (χ4n) is 2.43. The number of aryl methyl sites for hydroxylation is 1. The van der Waals surface area contributed by atoms with Crippen LogP contribution in [0.3, 0.4) is 0 Å². The maximum atomic E-state index is 10.9. The Bertz CT molecular complexity index is 640. The highest BCUT2D eigenvalue weighted by atomic mass is 32.2. The lowest BCUT2D eigenvalue weighted by molar-refractivity contribution is -0.133. The van der Waals surface area contributed by atoms with Gasteiger partial charge in [0, 0.05) is 11.8 Å². The van der Waals surface area contributed by atoms with E-state index in [4.69, 9.17) is 5.11 Å². The highest BCUT2D eigenvalue weighted by molar-refractivity contribution is 7.99. The van der Waals surface area contributed by atoms with Crippen LogP contribution in [-0.2, 0) is 4.79 Å². The third kappa shape index (κ3) is 3.55. The third-order valence-electron chi connectivity index (χ3n) is 3.40. The van der Waals surface area contributed by atoms with Gasteiger partial charge in [-0.3, -0.25) is 4.79 Å². The Morgan fingerprint density at radius 1 is 1.48 bits per heavy atom. The molecule has 0 bridgehead atoms. The molecule has 0 fully saturated rings. The SMILES string of the molecule is CCC(CSC)n1c(SCC(=O)O)nc2cccc(C)c21. The van der Waals surface area contributed by atoms with Gasteiger partial charge in [-0.15, -0.1) is 0 Å². The highest BCUT2D eigenvalue weighted by Crippen LogP contribution is 2.32. The van der Waals surface area contributed by atoms with Gasteiger partial charge in [-0.25, -0.2) is 4.98 Å². The number of fused-ring (bicyclic) bond motifs is 1. The number of carboxylic acids is 1. The number of hydrogen-bond acceptors (Lipinski definition) is 4. The Hall–Kier alpha value is -1.14. The number of para-hydroxylation sites is 1. The number of thioether (sulfide) groups is 2. The van der Waals surface area contributed by atoms with Crippen molar-refractivity contribution in [3.05, 3.63) is 23.8 Å². The van der Waals surface area contributed by atoms with Gasteiger partial charge in [0.15, 0.2) is 5.16 Å². The van der Waals surface area contributed by atoms with Crippen molar-refractivity contribution in [3.8, 4) is 0 Å². The molecule has 0 aliphatic rings. The molecule has 1 unspecified atom stereocenters. The standard InChI is InChI=1S/C15H20N2O2S2/c1-4-11(8-20-3)17-14-10(2)6-5-7-12(14)16-15(17)21-9-13(18)19/h5-7,11H,4,8-9H2,1-3H3,(H,18,19). The molecular weight excluding hydrogens is 304 g/mol. The van der Waals surface area contributed by atoms with E-state index in [0.29, 0.717) is 6.04 Å². The first-order chi connectivity index (χ1) is 10.1. The first kappa shape index (κ1) is 16.2. The van der Waals surface area contributed by atoms with Crippen LogP contribution < -0.4 is 0 Å². The molecule has 0 amide bonds. The fourth-order valence-corrected chi connectivity index (χ4v) is 4.00. The van der Waals surface area contributed by atoms with Crippen molar-refractivity contribution in [1.29, 1.82) is 0 Å². The predicted molar refractivity (Wildman–Crippen MR) is 90.5 cm³/mol. The van der Waals surface area contributed by atoms with E-state index in [1.54, 1.807) is 11.8 Å². The van der Waals surface area contributed by atoms with Crippen LogP contribution in [0.1, 0.15) is 24.9 Å². The van der Waals surface area contributed by atoms with Crippen LogP contribution in [-0.4, -0.2) is 38.4 Å². The number of aromatic nitrogens is 2. The van der Waals surface area contributed by atoms with E-state index in [2.05, 4.69) is 35.7 Å². The van der Waals surface area contributed by atoms with E-state index in [1.165, 1.54) is 17.3 Å². The van der Waals surface area contributed by atoms with Crippen LogP contribution in [0.15, 0.2) is 23.4 Å². The molecular formula is C15H20N2O2S2. The van der Waals surface area contributed by atoms with E-state index in [-0.39, 0.29) is 5.75 Å². The van der Waals surface area contributed by atoms with E-state index in [0.717, 1.165) is 28.4 Å². The summed E-state index contributed by atoms with van der Waals surface area (Å²) in [6, 6.07) is 6.41. The number of aliphatic carboxylic acids is 1. The van der Waals surface area contributed by atoms with Crippen LogP contribution >= 0.6 is 23.5 Å². The van der Waals surface area contributed by atoms with E-state index in [9.17, 15) is 4.79 Å². The van der Waals surface area contributed by atoms with Crippen LogP contribution in [0.25, 0.3) is 11.0 Å². The smallest absolute Gasteiger partial charge is 0.313 e. The second kappa shape index (κ2) is 7.22. The zero-order valence-corrected chi connectivity index (χ0v) is 14.1.